The molecule has 0 saturated carbocycles. The lowest BCUT2D eigenvalue weighted by atomic mass is 10.1. The normalized spacial score (nSPS) is 20.9. The van der Waals surface area contributed by atoms with E-state index in [2.05, 4.69) is 48.5 Å². The molecular weight excluding hydrogens is 268 g/mol. The molecule has 114 valence electrons. The van der Waals surface area contributed by atoms with Gasteiger partial charge in [0.25, 0.3) is 0 Å². The van der Waals surface area contributed by atoms with Gasteiger partial charge in [-0.25, -0.2) is 0 Å². The Labute approximate surface area is 127 Å². The van der Waals surface area contributed by atoms with Crippen molar-refractivity contribution in [3.05, 3.63) is 22.4 Å². The van der Waals surface area contributed by atoms with Gasteiger partial charge in [-0.3, -0.25) is 4.90 Å². The molecule has 1 aromatic heterocycles. The number of rotatable bonds is 8. The Hall–Kier alpha value is -0.420. The molecule has 0 amide bonds. The summed E-state index contributed by atoms with van der Waals surface area (Å²) in [6.07, 6.45) is 2.84. The first-order chi connectivity index (χ1) is 9.66. The topological polar surface area (TPSA) is 24.5 Å². The molecule has 0 bridgehead atoms. The Balaban J connectivity index is 1.71. The highest BCUT2D eigenvalue weighted by atomic mass is 32.1. The van der Waals surface area contributed by atoms with E-state index < -0.39 is 0 Å². The van der Waals surface area contributed by atoms with Gasteiger partial charge in [0.1, 0.15) is 0 Å². The summed E-state index contributed by atoms with van der Waals surface area (Å²) in [5.41, 5.74) is 0. The Bertz CT molecular complexity index is 361. The highest BCUT2D eigenvalue weighted by Crippen LogP contribution is 2.16. The summed E-state index contributed by atoms with van der Waals surface area (Å²) < 4.78 is 5.73. The van der Waals surface area contributed by atoms with Gasteiger partial charge < -0.3 is 10.1 Å². The van der Waals surface area contributed by atoms with Crippen molar-refractivity contribution in [2.75, 3.05) is 19.7 Å². The third-order valence-electron chi connectivity index (χ3n) is 4.06. The first-order valence-electron chi connectivity index (χ1n) is 7.78. The fourth-order valence-corrected chi connectivity index (χ4v) is 3.42. The molecule has 1 saturated heterocycles. The summed E-state index contributed by atoms with van der Waals surface area (Å²) in [5.74, 6) is 0. The van der Waals surface area contributed by atoms with Crippen LogP contribution in [-0.2, 0) is 11.3 Å². The number of nitrogens with one attached hydrogen (secondary N) is 1. The van der Waals surface area contributed by atoms with Crippen LogP contribution < -0.4 is 5.32 Å². The predicted octanol–water partition coefficient (Wildman–Crippen LogP) is 3.12. The largest absolute Gasteiger partial charge is 0.377 e. The Morgan fingerprint density at radius 2 is 2.30 bits per heavy atom. The van der Waals surface area contributed by atoms with Crippen LogP contribution in [0, 0.1) is 0 Å². The molecule has 2 unspecified atom stereocenters. The smallest absolute Gasteiger partial charge is 0.0726 e. The van der Waals surface area contributed by atoms with Gasteiger partial charge >= 0.3 is 0 Å². The van der Waals surface area contributed by atoms with E-state index >= 15 is 0 Å². The molecule has 1 N–H and O–H groups in total. The van der Waals surface area contributed by atoms with Crippen LogP contribution in [0.2, 0.25) is 0 Å². The molecule has 20 heavy (non-hydrogen) atoms. The van der Waals surface area contributed by atoms with Crippen molar-refractivity contribution in [1.29, 1.82) is 0 Å². The van der Waals surface area contributed by atoms with Gasteiger partial charge in [-0.05, 0) is 45.1 Å². The van der Waals surface area contributed by atoms with Gasteiger partial charge in [-0.15, -0.1) is 11.3 Å². The van der Waals surface area contributed by atoms with Crippen molar-refractivity contribution in [1.82, 2.24) is 10.2 Å². The van der Waals surface area contributed by atoms with Crippen LogP contribution in [0.1, 0.15) is 38.5 Å². The molecule has 1 aliphatic heterocycles. The van der Waals surface area contributed by atoms with Gasteiger partial charge in [-0.1, -0.05) is 6.07 Å². The van der Waals surface area contributed by atoms with Crippen LogP contribution >= 0.6 is 11.3 Å². The molecule has 0 spiro atoms. The first-order valence-corrected chi connectivity index (χ1v) is 8.66. The fourth-order valence-electron chi connectivity index (χ4n) is 2.69. The second-order valence-corrected chi connectivity index (χ2v) is 6.97. The molecule has 0 aromatic carbocycles. The first kappa shape index (κ1) is 16.0. The van der Waals surface area contributed by atoms with E-state index in [0.717, 1.165) is 26.2 Å². The maximum Gasteiger partial charge on any atom is 0.0726 e. The average Bonchev–Trinajstić information content (AvgIpc) is 3.10. The lowest BCUT2D eigenvalue weighted by Crippen LogP contribution is -2.42. The molecule has 1 fully saturated rings. The summed E-state index contributed by atoms with van der Waals surface area (Å²) in [5, 5.41) is 5.78. The molecule has 1 aromatic rings. The number of hydrogen-bond acceptors (Lipinski definition) is 4. The lowest BCUT2D eigenvalue weighted by molar-refractivity contribution is 0.0819. The zero-order chi connectivity index (χ0) is 14.4. The summed E-state index contributed by atoms with van der Waals surface area (Å²) in [6.45, 7) is 10.9. The van der Waals surface area contributed by atoms with E-state index in [9.17, 15) is 0 Å². The fraction of sp³-hybridized carbons (Fsp3) is 0.750. The lowest BCUT2D eigenvalue weighted by Gasteiger charge is -2.27. The molecule has 2 rings (SSSR count). The van der Waals surface area contributed by atoms with Crippen LogP contribution in [0.3, 0.4) is 0 Å². The maximum atomic E-state index is 5.73. The van der Waals surface area contributed by atoms with Crippen LogP contribution in [0.5, 0.6) is 0 Å². The minimum absolute atomic E-state index is 0.416. The Morgan fingerprint density at radius 3 is 2.90 bits per heavy atom. The van der Waals surface area contributed by atoms with Crippen molar-refractivity contribution in [3.63, 3.8) is 0 Å². The molecule has 3 nitrogen and oxygen atoms in total. The van der Waals surface area contributed by atoms with Gasteiger partial charge in [0.15, 0.2) is 0 Å². The molecule has 0 radical (unpaired) electrons. The Kier molecular flexibility index (Phi) is 6.49. The summed E-state index contributed by atoms with van der Waals surface area (Å²) in [6, 6.07) is 5.41. The van der Waals surface area contributed by atoms with E-state index in [4.69, 9.17) is 4.74 Å². The quantitative estimate of drug-likeness (QED) is 0.798. The van der Waals surface area contributed by atoms with Crippen molar-refractivity contribution < 1.29 is 4.74 Å². The summed E-state index contributed by atoms with van der Waals surface area (Å²) >= 11 is 1.85. The monoisotopic (exact) mass is 296 g/mol. The number of ether oxygens (including phenoxy) is 1. The number of nitrogens with zero attached hydrogens (tertiary/aromatic N) is 1. The highest BCUT2D eigenvalue weighted by molar-refractivity contribution is 7.09. The van der Waals surface area contributed by atoms with Gasteiger partial charge in [-0.2, -0.15) is 0 Å². The van der Waals surface area contributed by atoms with Crippen LogP contribution in [0.15, 0.2) is 17.5 Å². The zero-order valence-corrected chi connectivity index (χ0v) is 13.8. The molecule has 2 atom stereocenters. The maximum absolute atomic E-state index is 5.73. The van der Waals surface area contributed by atoms with Crippen molar-refractivity contribution >= 4 is 11.3 Å². The average molecular weight is 296 g/mol. The van der Waals surface area contributed by atoms with Crippen LogP contribution in [0.4, 0.5) is 0 Å². The number of hydrogen-bond donors (Lipinski definition) is 1. The van der Waals surface area contributed by atoms with E-state index in [1.807, 2.05) is 11.3 Å². The van der Waals surface area contributed by atoms with Gasteiger partial charge in [0, 0.05) is 43.2 Å². The second kappa shape index (κ2) is 8.13. The van der Waals surface area contributed by atoms with Crippen molar-refractivity contribution in [2.45, 2.75) is 58.3 Å². The molecule has 0 aliphatic carbocycles. The summed E-state index contributed by atoms with van der Waals surface area (Å²) in [7, 11) is 0. The highest BCUT2D eigenvalue weighted by Gasteiger charge is 2.22. The third-order valence-corrected chi connectivity index (χ3v) is 4.92. The standard InChI is InChI=1S/C16H28N2OS/c1-13(2)18(12-15-6-5-11-20-15)9-8-17-14(3)16-7-4-10-19-16/h5-6,11,13-14,16-17H,4,7-10,12H2,1-3H3. The molecular formula is C16H28N2OS. The predicted molar refractivity (Wildman–Crippen MR) is 86.3 cm³/mol. The van der Waals surface area contributed by atoms with Crippen LogP contribution in [-0.4, -0.2) is 42.8 Å². The summed E-state index contributed by atoms with van der Waals surface area (Å²) in [4.78, 5) is 3.98. The molecule has 4 heteroatoms. The van der Waals surface area contributed by atoms with E-state index in [-0.39, 0.29) is 0 Å². The van der Waals surface area contributed by atoms with E-state index in [1.54, 1.807) is 0 Å². The third kappa shape index (κ3) is 4.85. The van der Waals surface area contributed by atoms with E-state index in [0.29, 0.717) is 18.2 Å². The van der Waals surface area contributed by atoms with E-state index in [1.165, 1.54) is 17.7 Å². The number of thiophene rings is 1. The van der Waals surface area contributed by atoms with Gasteiger partial charge in [0.05, 0.1) is 6.10 Å². The minimum atomic E-state index is 0.416. The van der Waals surface area contributed by atoms with Crippen molar-refractivity contribution in [3.8, 4) is 0 Å². The SMILES string of the molecule is CC(NCCN(Cc1cccs1)C(C)C)C1CCCO1. The van der Waals surface area contributed by atoms with Gasteiger partial charge in [0.2, 0.25) is 0 Å². The Morgan fingerprint density at radius 1 is 1.45 bits per heavy atom. The van der Waals surface area contributed by atoms with Crippen LogP contribution in [0.25, 0.3) is 0 Å². The molecule has 2 heterocycles. The van der Waals surface area contributed by atoms with Crippen molar-refractivity contribution in [2.24, 2.45) is 0 Å². The minimum Gasteiger partial charge on any atom is -0.377 e. The molecule has 1 aliphatic rings. The second-order valence-electron chi connectivity index (χ2n) is 5.94. The zero-order valence-electron chi connectivity index (χ0n) is 13.0.